The molecule has 0 bridgehead atoms. The van der Waals surface area contributed by atoms with Crippen molar-refractivity contribution in [2.24, 2.45) is 0 Å². The third-order valence-corrected chi connectivity index (χ3v) is 2.73. The maximum absolute atomic E-state index is 13.4. The van der Waals surface area contributed by atoms with Crippen LogP contribution in [0.4, 0.5) is 4.39 Å². The highest BCUT2D eigenvalue weighted by atomic mass is 35.5. The summed E-state index contributed by atoms with van der Waals surface area (Å²) in [4.78, 5) is 0. The number of benzene rings is 1. The van der Waals surface area contributed by atoms with Crippen molar-refractivity contribution < 1.29 is 9.50 Å². The molecule has 0 aliphatic heterocycles. The van der Waals surface area contributed by atoms with Crippen molar-refractivity contribution in [3.05, 3.63) is 34.6 Å². The fraction of sp³-hybridized carbons (Fsp3) is 0.455. The third-order valence-electron chi connectivity index (χ3n) is 2.50. The molecule has 1 unspecified atom stereocenters. The Bertz CT molecular complexity index is 354. The Balaban J connectivity index is 1.99. The van der Waals surface area contributed by atoms with Crippen LogP contribution in [0, 0.1) is 5.82 Å². The number of halogens is 2. The van der Waals surface area contributed by atoms with Crippen LogP contribution in [0.5, 0.6) is 0 Å². The topological polar surface area (TPSA) is 32.3 Å². The largest absolute Gasteiger partial charge is 0.387 e. The van der Waals surface area contributed by atoms with E-state index in [2.05, 4.69) is 5.32 Å². The molecule has 2 rings (SSSR count). The molecule has 0 radical (unpaired) electrons. The first-order valence-corrected chi connectivity index (χ1v) is 5.41. The number of hydrogen-bond donors (Lipinski definition) is 2. The molecule has 0 aromatic heterocycles. The maximum atomic E-state index is 13.4. The smallest absolute Gasteiger partial charge is 0.130 e. The highest BCUT2D eigenvalue weighted by Gasteiger charge is 2.22. The van der Waals surface area contributed by atoms with Gasteiger partial charge in [0.25, 0.3) is 0 Å². The lowest BCUT2D eigenvalue weighted by Crippen LogP contribution is -2.23. The van der Waals surface area contributed by atoms with Gasteiger partial charge in [-0.05, 0) is 25.0 Å². The third kappa shape index (κ3) is 2.91. The SMILES string of the molecule is OC(CNC1CC1)c1ccc(Cl)cc1F. The van der Waals surface area contributed by atoms with Gasteiger partial charge in [-0.15, -0.1) is 0 Å². The summed E-state index contributed by atoms with van der Waals surface area (Å²) >= 11 is 5.62. The Kier molecular flexibility index (Phi) is 3.24. The molecule has 2 N–H and O–H groups in total. The zero-order valence-corrected chi connectivity index (χ0v) is 8.97. The van der Waals surface area contributed by atoms with E-state index in [1.807, 2.05) is 0 Å². The standard InChI is InChI=1S/C11H13ClFNO/c12-7-1-4-9(10(13)5-7)11(15)6-14-8-2-3-8/h1,4-5,8,11,14-15H,2-3,6H2. The van der Waals surface area contributed by atoms with Crippen LogP contribution in [-0.4, -0.2) is 17.7 Å². The van der Waals surface area contributed by atoms with Gasteiger partial charge in [-0.2, -0.15) is 0 Å². The predicted octanol–water partition coefficient (Wildman–Crippen LogP) is 2.26. The molecule has 2 nitrogen and oxygen atoms in total. The second kappa shape index (κ2) is 4.47. The number of aliphatic hydroxyl groups excluding tert-OH is 1. The van der Waals surface area contributed by atoms with Gasteiger partial charge in [0, 0.05) is 23.2 Å². The van der Waals surface area contributed by atoms with Gasteiger partial charge in [0.15, 0.2) is 0 Å². The molecule has 1 atom stereocenters. The van der Waals surface area contributed by atoms with Crippen LogP contribution in [0.3, 0.4) is 0 Å². The monoisotopic (exact) mass is 229 g/mol. The molecule has 0 saturated heterocycles. The van der Waals surface area contributed by atoms with E-state index < -0.39 is 11.9 Å². The van der Waals surface area contributed by atoms with E-state index in [0.717, 1.165) is 12.8 Å². The molecule has 1 fully saturated rings. The molecule has 15 heavy (non-hydrogen) atoms. The van der Waals surface area contributed by atoms with Crippen LogP contribution in [0.1, 0.15) is 24.5 Å². The van der Waals surface area contributed by atoms with E-state index in [-0.39, 0.29) is 0 Å². The summed E-state index contributed by atoms with van der Waals surface area (Å²) in [6.45, 7) is 0.392. The number of aliphatic hydroxyl groups is 1. The maximum Gasteiger partial charge on any atom is 0.130 e. The first kappa shape index (κ1) is 10.9. The summed E-state index contributed by atoms with van der Waals surface area (Å²) in [7, 11) is 0. The van der Waals surface area contributed by atoms with E-state index in [0.29, 0.717) is 23.2 Å². The van der Waals surface area contributed by atoms with Crippen molar-refractivity contribution in [1.29, 1.82) is 0 Å². The highest BCUT2D eigenvalue weighted by Crippen LogP contribution is 2.23. The van der Waals surface area contributed by atoms with Crippen LogP contribution in [0.2, 0.25) is 5.02 Å². The molecule has 4 heteroatoms. The number of hydrogen-bond acceptors (Lipinski definition) is 2. The van der Waals surface area contributed by atoms with Crippen molar-refractivity contribution in [3.8, 4) is 0 Å². The van der Waals surface area contributed by atoms with Gasteiger partial charge in [-0.25, -0.2) is 4.39 Å². The molecule has 82 valence electrons. The first-order valence-electron chi connectivity index (χ1n) is 5.03. The minimum atomic E-state index is -0.803. The van der Waals surface area contributed by atoms with Gasteiger partial charge in [0.1, 0.15) is 5.82 Å². The van der Waals surface area contributed by atoms with E-state index in [1.54, 1.807) is 6.07 Å². The van der Waals surface area contributed by atoms with Crippen LogP contribution in [-0.2, 0) is 0 Å². The van der Waals surface area contributed by atoms with Crippen molar-refractivity contribution in [1.82, 2.24) is 5.32 Å². The Morgan fingerprint density at radius 1 is 1.53 bits per heavy atom. The zero-order valence-electron chi connectivity index (χ0n) is 8.21. The molecule has 1 aromatic rings. The molecule has 1 aromatic carbocycles. The molecular weight excluding hydrogens is 217 g/mol. The fourth-order valence-corrected chi connectivity index (χ4v) is 1.61. The van der Waals surface area contributed by atoms with Gasteiger partial charge < -0.3 is 10.4 Å². The summed E-state index contributed by atoms with van der Waals surface area (Å²) < 4.78 is 13.4. The van der Waals surface area contributed by atoms with E-state index >= 15 is 0 Å². The van der Waals surface area contributed by atoms with Crippen molar-refractivity contribution in [2.45, 2.75) is 25.0 Å². The van der Waals surface area contributed by atoms with Gasteiger partial charge in [0.05, 0.1) is 6.10 Å². The Morgan fingerprint density at radius 3 is 2.87 bits per heavy atom. The highest BCUT2D eigenvalue weighted by molar-refractivity contribution is 6.30. The van der Waals surface area contributed by atoms with Crippen molar-refractivity contribution in [2.75, 3.05) is 6.54 Å². The Hall–Kier alpha value is -0.640. The van der Waals surface area contributed by atoms with E-state index in [9.17, 15) is 9.50 Å². The molecule has 1 aliphatic carbocycles. The summed E-state index contributed by atoms with van der Waals surface area (Å²) in [6, 6.07) is 4.84. The van der Waals surface area contributed by atoms with E-state index in [1.165, 1.54) is 12.1 Å². The van der Waals surface area contributed by atoms with Crippen LogP contribution >= 0.6 is 11.6 Å². The molecule has 1 saturated carbocycles. The molecular formula is C11H13ClFNO. The predicted molar refractivity (Wildman–Crippen MR) is 57.4 cm³/mol. The van der Waals surface area contributed by atoms with Crippen molar-refractivity contribution in [3.63, 3.8) is 0 Å². The normalized spacial score (nSPS) is 17.8. The lowest BCUT2D eigenvalue weighted by Gasteiger charge is -2.12. The van der Waals surface area contributed by atoms with Crippen LogP contribution in [0.15, 0.2) is 18.2 Å². The number of rotatable bonds is 4. The minimum Gasteiger partial charge on any atom is -0.387 e. The van der Waals surface area contributed by atoms with Crippen LogP contribution < -0.4 is 5.32 Å². The zero-order chi connectivity index (χ0) is 10.8. The Morgan fingerprint density at radius 2 is 2.27 bits per heavy atom. The summed E-state index contributed by atoms with van der Waals surface area (Å²) in [6.07, 6.45) is 1.49. The molecule has 0 spiro atoms. The van der Waals surface area contributed by atoms with E-state index in [4.69, 9.17) is 11.6 Å². The lowest BCUT2D eigenvalue weighted by molar-refractivity contribution is 0.169. The molecule has 0 amide bonds. The summed E-state index contributed by atoms with van der Waals surface area (Å²) in [5, 5.41) is 13.2. The minimum absolute atomic E-state index is 0.299. The second-order valence-corrected chi connectivity index (χ2v) is 4.30. The van der Waals surface area contributed by atoms with Gasteiger partial charge in [-0.3, -0.25) is 0 Å². The average Bonchev–Trinajstić information content (AvgIpc) is 2.97. The number of nitrogens with one attached hydrogen (secondary N) is 1. The second-order valence-electron chi connectivity index (χ2n) is 3.86. The quantitative estimate of drug-likeness (QED) is 0.830. The average molecular weight is 230 g/mol. The fourth-order valence-electron chi connectivity index (χ4n) is 1.45. The van der Waals surface area contributed by atoms with Gasteiger partial charge in [0.2, 0.25) is 0 Å². The lowest BCUT2D eigenvalue weighted by atomic mass is 10.1. The Labute approximate surface area is 93.1 Å². The van der Waals surface area contributed by atoms with Gasteiger partial charge in [-0.1, -0.05) is 17.7 Å². The first-order chi connectivity index (χ1) is 7.16. The summed E-state index contributed by atoms with van der Waals surface area (Å²) in [5.41, 5.74) is 0.299. The molecule has 1 aliphatic rings. The van der Waals surface area contributed by atoms with Crippen molar-refractivity contribution >= 4 is 11.6 Å². The van der Waals surface area contributed by atoms with Crippen LogP contribution in [0.25, 0.3) is 0 Å². The molecule has 0 heterocycles. The van der Waals surface area contributed by atoms with Gasteiger partial charge >= 0.3 is 0 Å². The summed E-state index contributed by atoms with van der Waals surface area (Å²) in [5.74, 6) is -0.451.